The van der Waals surface area contributed by atoms with Crippen LogP contribution in [0.3, 0.4) is 0 Å². The number of aromatic nitrogens is 2. The molecular formula is C15H16ClN5. The van der Waals surface area contributed by atoms with E-state index >= 15 is 0 Å². The quantitative estimate of drug-likeness (QED) is 0.909. The second kappa shape index (κ2) is 5.30. The highest BCUT2D eigenvalue weighted by Gasteiger charge is 2.23. The molecule has 1 heterocycles. The number of hydrogen-bond donors (Lipinski definition) is 2. The standard InChI is InChI=1S/C15H16ClN5/c1-9-2-5-11(6-13(9)16)21-14(18)12(7-17)15(20-21)19-8-10-3-4-10/h2,5-6,10H,3-4,8,18H2,1H3,(H,19,20). The maximum absolute atomic E-state index is 9.29. The van der Waals surface area contributed by atoms with Gasteiger partial charge in [-0.1, -0.05) is 17.7 Å². The van der Waals surface area contributed by atoms with E-state index in [1.165, 1.54) is 12.8 Å². The monoisotopic (exact) mass is 301 g/mol. The Hall–Kier alpha value is -2.19. The molecule has 1 saturated carbocycles. The number of nitrogens with two attached hydrogens (primary N) is 1. The van der Waals surface area contributed by atoms with E-state index in [-0.39, 0.29) is 0 Å². The molecule has 21 heavy (non-hydrogen) atoms. The van der Waals surface area contributed by atoms with E-state index in [1.54, 1.807) is 10.7 Å². The van der Waals surface area contributed by atoms with E-state index in [4.69, 9.17) is 17.3 Å². The van der Waals surface area contributed by atoms with Crippen LogP contribution in [0.25, 0.3) is 5.69 Å². The molecule has 1 aliphatic carbocycles. The summed E-state index contributed by atoms with van der Waals surface area (Å²) in [6.07, 6.45) is 2.47. The molecule has 0 spiro atoms. The van der Waals surface area contributed by atoms with Gasteiger partial charge in [0.05, 0.1) is 5.69 Å². The normalized spacial score (nSPS) is 14.0. The van der Waals surface area contributed by atoms with Crippen LogP contribution in [-0.2, 0) is 0 Å². The Bertz CT molecular complexity index is 724. The summed E-state index contributed by atoms with van der Waals surface area (Å²) in [6.45, 7) is 2.77. The summed E-state index contributed by atoms with van der Waals surface area (Å²) in [6, 6.07) is 7.71. The molecule has 1 fully saturated rings. The minimum atomic E-state index is 0.329. The van der Waals surface area contributed by atoms with Crippen LogP contribution in [-0.4, -0.2) is 16.3 Å². The predicted octanol–water partition coefficient (Wildman–Crippen LogP) is 3.11. The largest absolute Gasteiger partial charge is 0.382 e. The average Bonchev–Trinajstić information content (AvgIpc) is 3.24. The highest BCUT2D eigenvalue weighted by Crippen LogP contribution is 2.31. The maximum atomic E-state index is 9.29. The molecule has 1 aromatic heterocycles. The highest BCUT2D eigenvalue weighted by molar-refractivity contribution is 6.31. The van der Waals surface area contributed by atoms with E-state index in [0.29, 0.717) is 28.1 Å². The number of aryl methyl sites for hydroxylation is 1. The lowest BCUT2D eigenvalue weighted by atomic mass is 10.2. The Morgan fingerprint density at radius 2 is 2.29 bits per heavy atom. The van der Waals surface area contributed by atoms with Crippen molar-refractivity contribution in [3.63, 3.8) is 0 Å². The van der Waals surface area contributed by atoms with Gasteiger partial charge in [0.1, 0.15) is 17.5 Å². The second-order valence-electron chi connectivity index (χ2n) is 5.39. The fourth-order valence-corrected chi connectivity index (χ4v) is 2.31. The van der Waals surface area contributed by atoms with Gasteiger partial charge in [0.15, 0.2) is 5.82 Å². The number of nitrogens with one attached hydrogen (secondary N) is 1. The summed E-state index contributed by atoms with van der Waals surface area (Å²) in [7, 11) is 0. The van der Waals surface area contributed by atoms with Gasteiger partial charge < -0.3 is 11.1 Å². The molecule has 0 atom stereocenters. The Kier molecular flexibility index (Phi) is 3.48. The Morgan fingerprint density at radius 1 is 1.52 bits per heavy atom. The van der Waals surface area contributed by atoms with Gasteiger partial charge in [-0.3, -0.25) is 0 Å². The van der Waals surface area contributed by atoms with Crippen LogP contribution in [0.4, 0.5) is 11.6 Å². The van der Waals surface area contributed by atoms with Crippen LogP contribution in [0.2, 0.25) is 5.02 Å². The number of nitrogen functional groups attached to an aromatic ring is 1. The summed E-state index contributed by atoms with van der Waals surface area (Å²) in [4.78, 5) is 0. The van der Waals surface area contributed by atoms with E-state index < -0.39 is 0 Å². The molecular weight excluding hydrogens is 286 g/mol. The maximum Gasteiger partial charge on any atom is 0.168 e. The zero-order valence-corrected chi connectivity index (χ0v) is 12.5. The lowest BCUT2D eigenvalue weighted by molar-refractivity contribution is 0.854. The number of benzene rings is 1. The number of halogens is 1. The summed E-state index contributed by atoms with van der Waals surface area (Å²) >= 11 is 6.14. The van der Waals surface area contributed by atoms with Gasteiger partial charge in [-0.25, -0.2) is 4.68 Å². The molecule has 0 radical (unpaired) electrons. The van der Waals surface area contributed by atoms with Crippen molar-refractivity contribution in [2.45, 2.75) is 19.8 Å². The van der Waals surface area contributed by atoms with Crippen molar-refractivity contribution in [2.24, 2.45) is 5.92 Å². The SMILES string of the molecule is Cc1ccc(-n2nc(NCC3CC3)c(C#N)c2N)cc1Cl. The van der Waals surface area contributed by atoms with Gasteiger partial charge in [-0.2, -0.15) is 5.26 Å². The van der Waals surface area contributed by atoms with Crippen LogP contribution >= 0.6 is 11.6 Å². The van der Waals surface area contributed by atoms with Gasteiger partial charge >= 0.3 is 0 Å². The topological polar surface area (TPSA) is 79.7 Å². The molecule has 1 aliphatic rings. The van der Waals surface area contributed by atoms with Crippen molar-refractivity contribution in [2.75, 3.05) is 17.6 Å². The number of anilines is 2. The lowest BCUT2D eigenvalue weighted by Gasteiger charge is -2.05. The number of nitriles is 1. The summed E-state index contributed by atoms with van der Waals surface area (Å²) < 4.78 is 1.55. The summed E-state index contributed by atoms with van der Waals surface area (Å²) in [5, 5.41) is 17.6. The van der Waals surface area contributed by atoms with E-state index in [9.17, 15) is 5.26 Å². The molecule has 108 valence electrons. The molecule has 6 heteroatoms. The molecule has 0 aliphatic heterocycles. The second-order valence-corrected chi connectivity index (χ2v) is 5.80. The number of rotatable bonds is 4. The van der Waals surface area contributed by atoms with Crippen molar-refractivity contribution in [1.82, 2.24) is 9.78 Å². The first-order valence-corrected chi connectivity index (χ1v) is 7.27. The Morgan fingerprint density at radius 3 is 2.90 bits per heavy atom. The lowest BCUT2D eigenvalue weighted by Crippen LogP contribution is -2.05. The Balaban J connectivity index is 1.97. The van der Waals surface area contributed by atoms with E-state index in [2.05, 4.69) is 16.5 Å². The fraction of sp³-hybridized carbons (Fsp3) is 0.333. The molecule has 0 unspecified atom stereocenters. The molecule has 3 N–H and O–H groups in total. The smallest absolute Gasteiger partial charge is 0.168 e. The van der Waals surface area contributed by atoms with Gasteiger partial charge in [0, 0.05) is 11.6 Å². The third-order valence-electron chi connectivity index (χ3n) is 3.69. The number of nitrogens with zero attached hydrogens (tertiary/aromatic N) is 3. The zero-order valence-electron chi connectivity index (χ0n) is 11.7. The van der Waals surface area contributed by atoms with Crippen molar-refractivity contribution in [1.29, 1.82) is 5.26 Å². The predicted molar refractivity (Wildman–Crippen MR) is 83.7 cm³/mol. The zero-order chi connectivity index (χ0) is 15.0. The van der Waals surface area contributed by atoms with E-state index in [0.717, 1.165) is 17.8 Å². The number of hydrogen-bond acceptors (Lipinski definition) is 4. The third kappa shape index (κ3) is 2.67. The van der Waals surface area contributed by atoms with Crippen LogP contribution in [0, 0.1) is 24.2 Å². The molecule has 2 aromatic rings. The first-order valence-electron chi connectivity index (χ1n) is 6.89. The Labute approximate surface area is 128 Å². The molecule has 0 bridgehead atoms. The van der Waals surface area contributed by atoms with Crippen LogP contribution in [0.15, 0.2) is 18.2 Å². The van der Waals surface area contributed by atoms with Crippen LogP contribution < -0.4 is 11.1 Å². The van der Waals surface area contributed by atoms with Crippen molar-refractivity contribution < 1.29 is 0 Å². The van der Waals surface area contributed by atoms with Gasteiger partial charge in [-0.05, 0) is 43.4 Å². The van der Waals surface area contributed by atoms with Crippen molar-refractivity contribution in [3.05, 3.63) is 34.3 Å². The summed E-state index contributed by atoms with van der Waals surface area (Å²) in [5.41, 5.74) is 8.17. The third-order valence-corrected chi connectivity index (χ3v) is 4.10. The van der Waals surface area contributed by atoms with Crippen molar-refractivity contribution >= 4 is 23.2 Å². The fourth-order valence-electron chi connectivity index (χ4n) is 2.14. The minimum absolute atomic E-state index is 0.329. The minimum Gasteiger partial charge on any atom is -0.382 e. The van der Waals surface area contributed by atoms with Gasteiger partial charge in [-0.15, -0.1) is 5.10 Å². The highest BCUT2D eigenvalue weighted by atomic mass is 35.5. The van der Waals surface area contributed by atoms with E-state index in [1.807, 2.05) is 19.1 Å². The molecule has 0 amide bonds. The first-order chi connectivity index (χ1) is 10.1. The van der Waals surface area contributed by atoms with Gasteiger partial charge in [0.2, 0.25) is 0 Å². The molecule has 5 nitrogen and oxygen atoms in total. The van der Waals surface area contributed by atoms with Crippen molar-refractivity contribution in [3.8, 4) is 11.8 Å². The summed E-state index contributed by atoms with van der Waals surface area (Å²) in [5.74, 6) is 1.56. The molecule has 1 aromatic carbocycles. The van der Waals surface area contributed by atoms with Gasteiger partial charge in [0.25, 0.3) is 0 Å². The first kappa shape index (κ1) is 13.8. The van der Waals surface area contributed by atoms with Crippen LogP contribution in [0.1, 0.15) is 24.0 Å². The van der Waals surface area contributed by atoms with Crippen LogP contribution in [0.5, 0.6) is 0 Å². The average molecular weight is 302 g/mol. The molecule has 3 rings (SSSR count). The molecule has 0 saturated heterocycles.